The van der Waals surface area contributed by atoms with Crippen molar-refractivity contribution in [3.63, 3.8) is 0 Å². The maximum atomic E-state index is 13.0. The smallest absolute Gasteiger partial charge is 0.332 e. The summed E-state index contributed by atoms with van der Waals surface area (Å²) < 4.78 is 39.1. The average Bonchev–Trinajstić information content (AvgIpc) is 3.20. The SMILES string of the molecule is O=C(NCc1ccccn1)Nc1cc(N2CC(c3cccc(C(F)(F)F)c3)CC2=O)ccn1. The molecule has 2 aromatic heterocycles. The molecule has 1 unspecified atom stereocenters. The molecule has 1 saturated heterocycles. The molecule has 1 aliphatic heterocycles. The van der Waals surface area contributed by atoms with Crippen LogP contribution < -0.4 is 15.5 Å². The summed E-state index contributed by atoms with van der Waals surface area (Å²) in [6, 6.07) is 13.1. The number of rotatable bonds is 5. The molecule has 0 spiro atoms. The largest absolute Gasteiger partial charge is 0.416 e. The van der Waals surface area contributed by atoms with Crippen LogP contribution in [0.4, 0.5) is 29.5 Å². The minimum absolute atomic E-state index is 0.0942. The van der Waals surface area contributed by atoms with Crippen LogP contribution in [-0.2, 0) is 17.5 Å². The van der Waals surface area contributed by atoms with E-state index in [4.69, 9.17) is 0 Å². The number of urea groups is 1. The van der Waals surface area contributed by atoms with E-state index in [1.807, 2.05) is 6.07 Å². The fourth-order valence-corrected chi connectivity index (χ4v) is 3.64. The van der Waals surface area contributed by atoms with Crippen molar-refractivity contribution in [2.45, 2.75) is 25.1 Å². The zero-order chi connectivity index (χ0) is 23.4. The number of amides is 3. The molecule has 2 N–H and O–H groups in total. The number of aromatic nitrogens is 2. The number of hydrogen-bond acceptors (Lipinski definition) is 4. The summed E-state index contributed by atoms with van der Waals surface area (Å²) in [7, 11) is 0. The van der Waals surface area contributed by atoms with Crippen LogP contribution in [0.15, 0.2) is 67.0 Å². The van der Waals surface area contributed by atoms with Gasteiger partial charge in [-0.2, -0.15) is 13.2 Å². The highest BCUT2D eigenvalue weighted by atomic mass is 19.4. The Bertz CT molecular complexity index is 1150. The monoisotopic (exact) mass is 455 g/mol. The number of halogens is 3. The summed E-state index contributed by atoms with van der Waals surface area (Å²) in [5.74, 6) is -0.346. The van der Waals surface area contributed by atoms with E-state index in [-0.39, 0.29) is 37.2 Å². The van der Waals surface area contributed by atoms with Crippen LogP contribution in [0.2, 0.25) is 0 Å². The highest BCUT2D eigenvalue weighted by Crippen LogP contribution is 2.35. The van der Waals surface area contributed by atoms with Crippen LogP contribution in [0.25, 0.3) is 0 Å². The molecule has 3 amide bonds. The third-order valence-corrected chi connectivity index (χ3v) is 5.26. The predicted molar refractivity (Wildman–Crippen MR) is 115 cm³/mol. The number of anilines is 2. The summed E-state index contributed by atoms with van der Waals surface area (Å²) in [4.78, 5) is 34.5. The summed E-state index contributed by atoms with van der Waals surface area (Å²) in [6.45, 7) is 0.463. The molecule has 7 nitrogen and oxygen atoms in total. The van der Waals surface area contributed by atoms with E-state index in [0.717, 1.165) is 12.1 Å². The van der Waals surface area contributed by atoms with E-state index in [2.05, 4.69) is 20.6 Å². The van der Waals surface area contributed by atoms with E-state index >= 15 is 0 Å². The van der Waals surface area contributed by atoms with Crippen LogP contribution in [0, 0.1) is 0 Å². The summed E-state index contributed by atoms with van der Waals surface area (Å²) in [5, 5.41) is 5.27. The molecule has 3 heterocycles. The van der Waals surface area contributed by atoms with Crippen molar-refractivity contribution in [2.24, 2.45) is 0 Å². The maximum Gasteiger partial charge on any atom is 0.416 e. The number of carbonyl (C=O) groups excluding carboxylic acids is 2. The van der Waals surface area contributed by atoms with Crippen molar-refractivity contribution < 1.29 is 22.8 Å². The molecular weight excluding hydrogens is 435 g/mol. The van der Waals surface area contributed by atoms with Crippen molar-refractivity contribution in [3.8, 4) is 0 Å². The molecule has 10 heteroatoms. The van der Waals surface area contributed by atoms with Crippen LogP contribution >= 0.6 is 0 Å². The van der Waals surface area contributed by atoms with Gasteiger partial charge in [-0.1, -0.05) is 24.3 Å². The first-order valence-electron chi connectivity index (χ1n) is 10.2. The molecular formula is C23H20F3N5O2. The van der Waals surface area contributed by atoms with Crippen molar-refractivity contribution in [1.82, 2.24) is 15.3 Å². The van der Waals surface area contributed by atoms with E-state index in [1.165, 1.54) is 17.2 Å². The Balaban J connectivity index is 1.42. The van der Waals surface area contributed by atoms with Crippen LogP contribution in [-0.4, -0.2) is 28.5 Å². The molecule has 170 valence electrons. The predicted octanol–water partition coefficient (Wildman–Crippen LogP) is 4.34. The van der Waals surface area contributed by atoms with Gasteiger partial charge >= 0.3 is 12.2 Å². The number of carbonyl (C=O) groups is 2. The second kappa shape index (κ2) is 9.27. The lowest BCUT2D eigenvalue weighted by Gasteiger charge is -2.18. The number of alkyl halides is 3. The lowest BCUT2D eigenvalue weighted by atomic mass is 9.96. The van der Waals surface area contributed by atoms with Crippen molar-refractivity contribution in [1.29, 1.82) is 0 Å². The minimum atomic E-state index is -4.44. The van der Waals surface area contributed by atoms with Crippen molar-refractivity contribution in [2.75, 3.05) is 16.8 Å². The molecule has 33 heavy (non-hydrogen) atoms. The number of hydrogen-bond donors (Lipinski definition) is 2. The Hall–Kier alpha value is -3.95. The Kier molecular flexibility index (Phi) is 6.25. The molecule has 1 aliphatic rings. The molecule has 1 aromatic carbocycles. The van der Waals surface area contributed by atoms with Gasteiger partial charge in [0.15, 0.2) is 0 Å². The third kappa shape index (κ3) is 5.46. The van der Waals surface area contributed by atoms with Crippen molar-refractivity contribution in [3.05, 3.63) is 83.8 Å². The second-order valence-corrected chi connectivity index (χ2v) is 7.56. The van der Waals surface area contributed by atoms with Gasteiger partial charge in [0.05, 0.1) is 17.8 Å². The van der Waals surface area contributed by atoms with E-state index in [9.17, 15) is 22.8 Å². The van der Waals surface area contributed by atoms with Crippen molar-refractivity contribution >= 4 is 23.4 Å². The molecule has 0 bridgehead atoms. The average molecular weight is 455 g/mol. The number of pyridine rings is 2. The van der Waals surface area contributed by atoms with Crippen LogP contribution in [0.5, 0.6) is 0 Å². The molecule has 1 fully saturated rings. The van der Waals surface area contributed by atoms with Gasteiger partial charge < -0.3 is 10.2 Å². The standard InChI is InChI=1S/C23H20F3N5O2/c24-23(25,26)17-5-3-4-15(10-17)16-11-21(32)31(14-16)19-7-9-28-20(12-19)30-22(33)29-13-18-6-1-2-8-27-18/h1-10,12,16H,11,13-14H2,(H2,28,29,30,33). The quantitative estimate of drug-likeness (QED) is 0.599. The molecule has 3 aromatic rings. The normalized spacial score (nSPS) is 16.0. The lowest BCUT2D eigenvalue weighted by Crippen LogP contribution is -2.29. The zero-order valence-electron chi connectivity index (χ0n) is 17.3. The molecule has 0 saturated carbocycles. The highest BCUT2D eigenvalue weighted by Gasteiger charge is 2.35. The van der Waals surface area contributed by atoms with E-state index in [0.29, 0.717) is 16.9 Å². The summed E-state index contributed by atoms with van der Waals surface area (Å²) in [6.07, 6.45) is -1.27. The zero-order valence-corrected chi connectivity index (χ0v) is 17.3. The molecule has 1 atom stereocenters. The minimum Gasteiger partial charge on any atom is -0.332 e. The van der Waals surface area contributed by atoms with Gasteiger partial charge in [0.1, 0.15) is 5.82 Å². The second-order valence-electron chi connectivity index (χ2n) is 7.56. The van der Waals surface area contributed by atoms with Gasteiger partial charge in [-0.15, -0.1) is 0 Å². The van der Waals surface area contributed by atoms with Gasteiger partial charge in [-0.25, -0.2) is 9.78 Å². The fraction of sp³-hybridized carbons (Fsp3) is 0.217. The van der Waals surface area contributed by atoms with Crippen LogP contribution in [0.3, 0.4) is 0 Å². The Morgan fingerprint density at radius 2 is 1.91 bits per heavy atom. The van der Waals surface area contributed by atoms with Crippen LogP contribution in [0.1, 0.15) is 29.2 Å². The summed E-state index contributed by atoms with van der Waals surface area (Å²) in [5.41, 5.74) is 0.919. The van der Waals surface area contributed by atoms with E-state index in [1.54, 1.807) is 36.5 Å². The van der Waals surface area contributed by atoms with Gasteiger partial charge in [0.2, 0.25) is 5.91 Å². The van der Waals surface area contributed by atoms with Gasteiger partial charge in [0.25, 0.3) is 0 Å². The van der Waals surface area contributed by atoms with Gasteiger partial charge in [0, 0.05) is 43.0 Å². The Labute approximate surface area is 187 Å². The molecule has 4 rings (SSSR count). The number of nitrogens with one attached hydrogen (secondary N) is 2. The number of benzene rings is 1. The lowest BCUT2D eigenvalue weighted by molar-refractivity contribution is -0.137. The third-order valence-electron chi connectivity index (χ3n) is 5.26. The Morgan fingerprint density at radius 3 is 2.67 bits per heavy atom. The number of nitrogens with zero attached hydrogens (tertiary/aromatic N) is 3. The first kappa shape index (κ1) is 22.3. The topological polar surface area (TPSA) is 87.2 Å². The fourth-order valence-electron chi connectivity index (χ4n) is 3.64. The molecule has 0 aliphatic carbocycles. The Morgan fingerprint density at radius 1 is 1.06 bits per heavy atom. The highest BCUT2D eigenvalue weighted by molar-refractivity contribution is 5.97. The van der Waals surface area contributed by atoms with Gasteiger partial charge in [-0.05, 0) is 29.8 Å². The molecule has 0 radical (unpaired) electrons. The van der Waals surface area contributed by atoms with E-state index < -0.39 is 17.8 Å². The first-order chi connectivity index (χ1) is 15.8. The first-order valence-corrected chi connectivity index (χ1v) is 10.2. The summed E-state index contributed by atoms with van der Waals surface area (Å²) >= 11 is 0. The van der Waals surface area contributed by atoms with Gasteiger partial charge in [-0.3, -0.25) is 15.1 Å². The maximum absolute atomic E-state index is 13.0.